The maximum atomic E-state index is 12.6. The van der Waals surface area contributed by atoms with Crippen molar-refractivity contribution < 1.29 is 9.53 Å². The van der Waals surface area contributed by atoms with Crippen LogP contribution in [0.1, 0.15) is 30.0 Å². The van der Waals surface area contributed by atoms with E-state index in [1.807, 2.05) is 26.1 Å². The Bertz CT molecular complexity index is 623. The van der Waals surface area contributed by atoms with E-state index in [9.17, 15) is 4.79 Å². The third-order valence-electron chi connectivity index (χ3n) is 4.05. The second-order valence-electron chi connectivity index (χ2n) is 5.76. The molecule has 22 heavy (non-hydrogen) atoms. The molecule has 6 heteroatoms. The molecule has 1 amide bonds. The van der Waals surface area contributed by atoms with Gasteiger partial charge in [0.25, 0.3) is 0 Å². The van der Waals surface area contributed by atoms with Gasteiger partial charge in [-0.3, -0.25) is 9.48 Å². The summed E-state index contributed by atoms with van der Waals surface area (Å²) in [5.41, 5.74) is 0.962. The van der Waals surface area contributed by atoms with E-state index in [1.165, 1.54) is 4.88 Å². The highest BCUT2D eigenvalue weighted by Gasteiger charge is 2.37. The van der Waals surface area contributed by atoms with E-state index in [-0.39, 0.29) is 24.0 Å². The third-order valence-corrected chi connectivity index (χ3v) is 4.95. The lowest BCUT2D eigenvalue weighted by molar-refractivity contribution is -0.127. The molecule has 2 aromatic rings. The first-order valence-electron chi connectivity index (χ1n) is 7.57. The predicted octanol–water partition coefficient (Wildman–Crippen LogP) is 2.31. The number of nitrogens with one attached hydrogen (secondary N) is 1. The molecule has 5 nitrogen and oxygen atoms in total. The van der Waals surface area contributed by atoms with Crippen LogP contribution < -0.4 is 5.32 Å². The number of rotatable bonds is 5. The lowest BCUT2D eigenvalue weighted by Gasteiger charge is -2.21. The SMILES string of the molecule is C[C@@H](Cc1cccs1)NC(=O)[C@@H]1CCO[C@H]1c1ccnn1C. The van der Waals surface area contributed by atoms with E-state index in [0.29, 0.717) is 6.61 Å². The lowest BCUT2D eigenvalue weighted by Crippen LogP contribution is -2.39. The number of carbonyl (C=O) groups excluding carboxylic acids is 1. The Hall–Kier alpha value is -1.66. The van der Waals surface area contributed by atoms with Gasteiger partial charge in [0.1, 0.15) is 6.10 Å². The van der Waals surface area contributed by atoms with Gasteiger partial charge in [-0.2, -0.15) is 5.10 Å². The number of ether oxygens (including phenoxy) is 1. The molecule has 3 atom stereocenters. The fourth-order valence-corrected chi connectivity index (χ4v) is 3.78. The second kappa shape index (κ2) is 6.62. The Balaban J connectivity index is 1.62. The highest BCUT2D eigenvalue weighted by atomic mass is 32.1. The van der Waals surface area contributed by atoms with Crippen LogP contribution in [0, 0.1) is 5.92 Å². The van der Waals surface area contributed by atoms with Crippen LogP contribution in [0.4, 0.5) is 0 Å². The summed E-state index contributed by atoms with van der Waals surface area (Å²) in [6.45, 7) is 2.67. The van der Waals surface area contributed by atoms with Gasteiger partial charge in [-0.15, -0.1) is 11.3 Å². The van der Waals surface area contributed by atoms with Crippen LogP contribution in [0.25, 0.3) is 0 Å². The highest BCUT2D eigenvalue weighted by Crippen LogP contribution is 2.34. The fourth-order valence-electron chi connectivity index (χ4n) is 2.94. The molecule has 118 valence electrons. The Morgan fingerprint density at radius 2 is 2.45 bits per heavy atom. The molecule has 0 radical (unpaired) electrons. The van der Waals surface area contributed by atoms with Gasteiger partial charge in [0.15, 0.2) is 0 Å². The number of aromatic nitrogens is 2. The van der Waals surface area contributed by atoms with Gasteiger partial charge in [-0.25, -0.2) is 0 Å². The minimum absolute atomic E-state index is 0.0766. The minimum atomic E-state index is -0.193. The molecule has 0 unspecified atom stereocenters. The molecular formula is C16H21N3O2S. The zero-order valence-corrected chi connectivity index (χ0v) is 13.7. The van der Waals surface area contributed by atoms with Crippen molar-refractivity contribution in [1.82, 2.24) is 15.1 Å². The maximum Gasteiger partial charge on any atom is 0.226 e. The van der Waals surface area contributed by atoms with Crippen LogP contribution in [-0.2, 0) is 23.0 Å². The van der Waals surface area contributed by atoms with E-state index in [4.69, 9.17) is 4.74 Å². The van der Waals surface area contributed by atoms with E-state index >= 15 is 0 Å². The number of hydrogen-bond donors (Lipinski definition) is 1. The summed E-state index contributed by atoms with van der Waals surface area (Å²) in [5, 5.41) is 9.36. The molecule has 1 fully saturated rings. The number of carbonyl (C=O) groups is 1. The fraction of sp³-hybridized carbons (Fsp3) is 0.500. The van der Waals surface area contributed by atoms with E-state index in [0.717, 1.165) is 18.5 Å². The molecule has 3 heterocycles. The highest BCUT2D eigenvalue weighted by molar-refractivity contribution is 7.09. The van der Waals surface area contributed by atoms with Crippen molar-refractivity contribution >= 4 is 17.2 Å². The van der Waals surface area contributed by atoms with Gasteiger partial charge >= 0.3 is 0 Å². The first-order valence-corrected chi connectivity index (χ1v) is 8.45. The minimum Gasteiger partial charge on any atom is -0.371 e. The smallest absolute Gasteiger partial charge is 0.226 e. The van der Waals surface area contributed by atoms with Crippen molar-refractivity contribution in [3.63, 3.8) is 0 Å². The summed E-state index contributed by atoms with van der Waals surface area (Å²) in [6, 6.07) is 6.19. The Labute approximate surface area is 134 Å². The van der Waals surface area contributed by atoms with Gasteiger partial charge in [-0.05, 0) is 30.9 Å². The summed E-state index contributed by atoms with van der Waals surface area (Å²) < 4.78 is 7.56. The number of amides is 1. The summed E-state index contributed by atoms with van der Waals surface area (Å²) in [5.74, 6) is -0.0612. The summed E-state index contributed by atoms with van der Waals surface area (Å²) in [6.07, 6.45) is 3.17. The molecule has 0 bridgehead atoms. The summed E-state index contributed by atoms with van der Waals surface area (Å²) >= 11 is 1.72. The average molecular weight is 319 g/mol. The van der Waals surface area contributed by atoms with Crippen LogP contribution in [0.5, 0.6) is 0 Å². The van der Waals surface area contributed by atoms with Crippen LogP contribution in [-0.4, -0.2) is 28.3 Å². The van der Waals surface area contributed by atoms with Gasteiger partial charge in [0, 0.05) is 37.2 Å². The number of hydrogen-bond acceptors (Lipinski definition) is 4. The first-order chi connectivity index (χ1) is 10.6. The van der Waals surface area contributed by atoms with Gasteiger partial charge in [0.2, 0.25) is 5.91 Å². The predicted molar refractivity (Wildman–Crippen MR) is 85.6 cm³/mol. The van der Waals surface area contributed by atoms with Crippen LogP contribution in [0.2, 0.25) is 0 Å². The zero-order chi connectivity index (χ0) is 15.5. The van der Waals surface area contributed by atoms with E-state index in [2.05, 4.69) is 21.9 Å². The normalized spacial score (nSPS) is 22.6. The van der Waals surface area contributed by atoms with Crippen molar-refractivity contribution in [2.24, 2.45) is 13.0 Å². The van der Waals surface area contributed by atoms with Gasteiger partial charge in [0.05, 0.1) is 11.6 Å². The zero-order valence-electron chi connectivity index (χ0n) is 12.9. The molecule has 1 saturated heterocycles. The topological polar surface area (TPSA) is 56.1 Å². The maximum absolute atomic E-state index is 12.6. The van der Waals surface area contributed by atoms with Crippen molar-refractivity contribution in [2.75, 3.05) is 6.61 Å². The molecule has 1 aliphatic heterocycles. The van der Waals surface area contributed by atoms with Crippen LogP contribution in [0.15, 0.2) is 29.8 Å². The van der Waals surface area contributed by atoms with Crippen molar-refractivity contribution in [2.45, 2.75) is 31.9 Å². The van der Waals surface area contributed by atoms with Crippen LogP contribution >= 0.6 is 11.3 Å². The molecule has 1 N–H and O–H groups in total. The average Bonchev–Trinajstić information content (AvgIpc) is 3.18. The summed E-state index contributed by atoms with van der Waals surface area (Å²) in [4.78, 5) is 13.9. The van der Waals surface area contributed by atoms with Crippen LogP contribution in [0.3, 0.4) is 0 Å². The number of nitrogens with zero attached hydrogens (tertiary/aromatic N) is 2. The summed E-state index contributed by atoms with van der Waals surface area (Å²) in [7, 11) is 1.88. The van der Waals surface area contributed by atoms with Gasteiger partial charge < -0.3 is 10.1 Å². The van der Waals surface area contributed by atoms with E-state index < -0.39 is 0 Å². The molecular weight excluding hydrogens is 298 g/mol. The number of thiophene rings is 1. The quantitative estimate of drug-likeness (QED) is 0.920. The van der Waals surface area contributed by atoms with Crippen molar-refractivity contribution in [1.29, 1.82) is 0 Å². The molecule has 0 aliphatic carbocycles. The number of aryl methyl sites for hydroxylation is 1. The Kier molecular flexibility index (Phi) is 4.59. The molecule has 0 spiro atoms. The van der Waals surface area contributed by atoms with Crippen molar-refractivity contribution in [3.05, 3.63) is 40.3 Å². The molecule has 3 rings (SSSR count). The Morgan fingerprint density at radius 3 is 3.14 bits per heavy atom. The van der Waals surface area contributed by atoms with Gasteiger partial charge in [-0.1, -0.05) is 6.07 Å². The molecule has 0 saturated carbocycles. The lowest BCUT2D eigenvalue weighted by atomic mass is 9.97. The second-order valence-corrected chi connectivity index (χ2v) is 6.79. The van der Waals surface area contributed by atoms with E-state index in [1.54, 1.807) is 22.2 Å². The molecule has 1 aliphatic rings. The molecule has 2 aromatic heterocycles. The monoisotopic (exact) mass is 319 g/mol. The standard InChI is InChI=1S/C16H21N3O2S/c1-11(10-12-4-3-9-22-12)18-16(20)13-6-8-21-15(13)14-5-7-17-19(14)2/h3-5,7,9,11,13,15H,6,8,10H2,1-2H3,(H,18,20)/t11-,13+,15+/m0/s1. The largest absolute Gasteiger partial charge is 0.371 e. The first kappa shape index (κ1) is 15.2. The van der Waals surface area contributed by atoms with Crippen molar-refractivity contribution in [3.8, 4) is 0 Å². The third kappa shape index (κ3) is 3.23. The Morgan fingerprint density at radius 1 is 1.59 bits per heavy atom. The molecule has 0 aromatic carbocycles.